The molecule has 0 saturated heterocycles. The van der Waals surface area contributed by atoms with E-state index in [0.29, 0.717) is 0 Å². The second-order valence-corrected chi connectivity index (χ2v) is 7.68. The Balaban J connectivity index is 1.84. The van der Waals surface area contributed by atoms with Crippen LogP contribution in [0.2, 0.25) is 0 Å². The summed E-state index contributed by atoms with van der Waals surface area (Å²) in [6.45, 7) is 14.1. The fourth-order valence-corrected chi connectivity index (χ4v) is 2.84. The molecule has 0 bridgehead atoms. The van der Waals surface area contributed by atoms with Crippen molar-refractivity contribution in [1.82, 2.24) is 25.4 Å². The van der Waals surface area contributed by atoms with Gasteiger partial charge in [-0.05, 0) is 29.9 Å². The number of aliphatic imine (C=N–C) groups is 1. The topological polar surface area (TPSA) is 67.1 Å². The van der Waals surface area contributed by atoms with E-state index in [0.717, 1.165) is 50.8 Å². The van der Waals surface area contributed by atoms with E-state index in [2.05, 4.69) is 84.3 Å². The maximum atomic E-state index is 4.70. The van der Waals surface area contributed by atoms with Crippen LogP contribution in [-0.4, -0.2) is 40.4 Å². The molecule has 2 aromatic rings. The van der Waals surface area contributed by atoms with Crippen molar-refractivity contribution in [3.63, 3.8) is 0 Å². The van der Waals surface area contributed by atoms with Crippen LogP contribution in [0.3, 0.4) is 0 Å². The van der Waals surface area contributed by atoms with Crippen molar-refractivity contribution >= 4 is 5.96 Å². The molecule has 0 fully saturated rings. The number of benzene rings is 1. The fourth-order valence-electron chi connectivity index (χ4n) is 2.84. The summed E-state index contributed by atoms with van der Waals surface area (Å²) in [6.07, 6.45) is 3.61. The smallest absolute Gasteiger partial charge is 0.191 e. The predicted molar refractivity (Wildman–Crippen MR) is 112 cm³/mol. The molecule has 2 rings (SSSR count). The molecule has 0 aliphatic rings. The molecule has 1 aromatic carbocycles. The SMILES string of the molecule is CCNC(=NCCc1ccc(C(C)(C)C)cc1)NCCn1cnnc1CC. The number of hydrogen-bond acceptors (Lipinski definition) is 3. The maximum Gasteiger partial charge on any atom is 0.191 e. The van der Waals surface area contributed by atoms with Crippen LogP contribution in [-0.2, 0) is 24.8 Å². The van der Waals surface area contributed by atoms with Gasteiger partial charge < -0.3 is 15.2 Å². The van der Waals surface area contributed by atoms with Gasteiger partial charge in [0.05, 0.1) is 0 Å². The van der Waals surface area contributed by atoms with Crippen LogP contribution in [0, 0.1) is 0 Å². The van der Waals surface area contributed by atoms with E-state index in [-0.39, 0.29) is 5.41 Å². The molecule has 6 heteroatoms. The van der Waals surface area contributed by atoms with Gasteiger partial charge in [-0.25, -0.2) is 0 Å². The summed E-state index contributed by atoms with van der Waals surface area (Å²) in [5.74, 6) is 1.87. The minimum atomic E-state index is 0.196. The summed E-state index contributed by atoms with van der Waals surface area (Å²) in [4.78, 5) is 4.70. The van der Waals surface area contributed by atoms with Crippen LogP contribution >= 0.6 is 0 Å². The van der Waals surface area contributed by atoms with Gasteiger partial charge in [-0.15, -0.1) is 10.2 Å². The molecule has 0 aliphatic carbocycles. The lowest BCUT2D eigenvalue weighted by molar-refractivity contribution is 0.590. The standard InChI is InChI=1S/C21H34N6/c1-6-19-26-25-16-27(19)15-14-24-20(22-7-2)23-13-12-17-8-10-18(11-9-17)21(3,4)5/h8-11,16H,6-7,12-15H2,1-5H3,(H2,22,23,24). The zero-order chi connectivity index (χ0) is 19.7. The van der Waals surface area contributed by atoms with E-state index >= 15 is 0 Å². The number of hydrogen-bond donors (Lipinski definition) is 2. The van der Waals surface area contributed by atoms with Gasteiger partial charge in [0, 0.05) is 32.6 Å². The molecule has 0 amide bonds. The van der Waals surface area contributed by atoms with Gasteiger partial charge in [-0.1, -0.05) is 52.0 Å². The second kappa shape index (κ2) is 10.1. The highest BCUT2D eigenvalue weighted by Crippen LogP contribution is 2.22. The van der Waals surface area contributed by atoms with Gasteiger partial charge in [0.2, 0.25) is 0 Å². The van der Waals surface area contributed by atoms with Gasteiger partial charge >= 0.3 is 0 Å². The van der Waals surface area contributed by atoms with Gasteiger partial charge in [-0.2, -0.15) is 0 Å². The van der Waals surface area contributed by atoms with Crippen molar-refractivity contribution in [1.29, 1.82) is 0 Å². The van der Waals surface area contributed by atoms with Crippen LogP contribution in [0.4, 0.5) is 0 Å². The number of nitrogens with one attached hydrogen (secondary N) is 2. The van der Waals surface area contributed by atoms with Crippen molar-refractivity contribution in [2.24, 2.45) is 4.99 Å². The zero-order valence-electron chi connectivity index (χ0n) is 17.4. The third-order valence-electron chi connectivity index (χ3n) is 4.49. The fraction of sp³-hybridized carbons (Fsp3) is 0.571. The van der Waals surface area contributed by atoms with E-state index in [1.54, 1.807) is 6.33 Å². The highest BCUT2D eigenvalue weighted by Gasteiger charge is 2.12. The highest BCUT2D eigenvalue weighted by molar-refractivity contribution is 5.79. The van der Waals surface area contributed by atoms with Crippen molar-refractivity contribution in [2.45, 2.75) is 59.4 Å². The summed E-state index contributed by atoms with van der Waals surface area (Å²) >= 11 is 0. The Hall–Kier alpha value is -2.37. The lowest BCUT2D eigenvalue weighted by atomic mass is 9.86. The Morgan fingerprint density at radius 1 is 1.11 bits per heavy atom. The number of aryl methyl sites for hydroxylation is 1. The van der Waals surface area contributed by atoms with Crippen molar-refractivity contribution < 1.29 is 0 Å². The van der Waals surface area contributed by atoms with Crippen LogP contribution in [0.15, 0.2) is 35.6 Å². The lowest BCUT2D eigenvalue weighted by Gasteiger charge is -2.19. The summed E-state index contributed by atoms with van der Waals surface area (Å²) < 4.78 is 2.08. The molecule has 1 aromatic heterocycles. The number of aromatic nitrogens is 3. The molecule has 0 radical (unpaired) electrons. The number of guanidine groups is 1. The molecule has 0 aliphatic heterocycles. The quantitative estimate of drug-likeness (QED) is 0.554. The van der Waals surface area contributed by atoms with Crippen LogP contribution < -0.4 is 10.6 Å². The van der Waals surface area contributed by atoms with Crippen LogP contribution in [0.1, 0.15) is 51.6 Å². The van der Waals surface area contributed by atoms with Gasteiger partial charge in [-0.3, -0.25) is 4.99 Å². The molecule has 0 unspecified atom stereocenters. The first kappa shape index (κ1) is 20.9. The van der Waals surface area contributed by atoms with E-state index in [1.807, 2.05) is 0 Å². The van der Waals surface area contributed by atoms with Crippen molar-refractivity contribution in [3.8, 4) is 0 Å². The molecule has 1 heterocycles. The molecular weight excluding hydrogens is 336 g/mol. The molecule has 27 heavy (non-hydrogen) atoms. The first-order valence-electron chi connectivity index (χ1n) is 9.92. The Labute approximate surface area is 163 Å². The summed E-state index contributed by atoms with van der Waals surface area (Å²) in [5.41, 5.74) is 2.88. The number of rotatable bonds is 8. The first-order valence-corrected chi connectivity index (χ1v) is 9.92. The lowest BCUT2D eigenvalue weighted by Crippen LogP contribution is -2.39. The Kier molecular flexibility index (Phi) is 7.82. The average Bonchev–Trinajstić information content (AvgIpc) is 3.09. The van der Waals surface area contributed by atoms with E-state index in [1.165, 1.54) is 11.1 Å². The molecule has 6 nitrogen and oxygen atoms in total. The van der Waals surface area contributed by atoms with E-state index in [9.17, 15) is 0 Å². The van der Waals surface area contributed by atoms with Crippen LogP contribution in [0.25, 0.3) is 0 Å². The normalized spacial score (nSPS) is 12.3. The molecule has 0 saturated carbocycles. The Morgan fingerprint density at radius 2 is 1.85 bits per heavy atom. The van der Waals surface area contributed by atoms with Crippen molar-refractivity contribution in [2.75, 3.05) is 19.6 Å². The minimum absolute atomic E-state index is 0.196. The first-order chi connectivity index (χ1) is 12.9. The monoisotopic (exact) mass is 370 g/mol. The highest BCUT2D eigenvalue weighted by atomic mass is 15.3. The number of nitrogens with zero attached hydrogens (tertiary/aromatic N) is 4. The third kappa shape index (κ3) is 6.70. The molecule has 2 N–H and O–H groups in total. The predicted octanol–water partition coefficient (Wildman–Crippen LogP) is 2.94. The van der Waals surface area contributed by atoms with E-state index in [4.69, 9.17) is 4.99 Å². The molecule has 0 spiro atoms. The van der Waals surface area contributed by atoms with E-state index < -0.39 is 0 Å². The summed E-state index contributed by atoms with van der Waals surface area (Å²) in [5, 5.41) is 14.8. The van der Waals surface area contributed by atoms with Crippen molar-refractivity contribution in [3.05, 3.63) is 47.5 Å². The average molecular weight is 371 g/mol. The Bertz CT molecular complexity index is 709. The second-order valence-electron chi connectivity index (χ2n) is 7.68. The van der Waals surface area contributed by atoms with Gasteiger partial charge in [0.25, 0.3) is 0 Å². The summed E-state index contributed by atoms with van der Waals surface area (Å²) in [6, 6.07) is 8.89. The molecule has 0 atom stereocenters. The zero-order valence-corrected chi connectivity index (χ0v) is 17.4. The third-order valence-corrected chi connectivity index (χ3v) is 4.49. The molecule has 148 valence electrons. The summed E-state index contributed by atoms with van der Waals surface area (Å²) in [7, 11) is 0. The van der Waals surface area contributed by atoms with Crippen LogP contribution in [0.5, 0.6) is 0 Å². The van der Waals surface area contributed by atoms with Gasteiger partial charge in [0.1, 0.15) is 12.2 Å². The minimum Gasteiger partial charge on any atom is -0.357 e. The van der Waals surface area contributed by atoms with Gasteiger partial charge in [0.15, 0.2) is 5.96 Å². The Morgan fingerprint density at radius 3 is 2.48 bits per heavy atom. The maximum absolute atomic E-state index is 4.70. The molecular formula is C21H34N6. The largest absolute Gasteiger partial charge is 0.357 e.